The van der Waals surface area contributed by atoms with E-state index in [1.54, 1.807) is 50.6 Å². The van der Waals surface area contributed by atoms with Crippen LogP contribution in [0.4, 0.5) is 11.4 Å². The molecule has 0 unspecified atom stereocenters. The highest BCUT2D eigenvalue weighted by Gasteiger charge is 2.08. The predicted octanol–water partition coefficient (Wildman–Crippen LogP) is 3.48. The standard InChI is InChI=1S/C21H22N4O4/c1-27-17-10-9-16(12-19(17)28-2)25-21(22)23-13-14-5-7-15(8-6-14)24-20(26)18-4-3-11-29-18/h3-12H,13H2,1-2H3,(H,24,26)(H3,22,23,25). The average molecular weight is 394 g/mol. The molecule has 0 fully saturated rings. The molecule has 0 aliphatic rings. The highest BCUT2D eigenvalue weighted by molar-refractivity contribution is 6.02. The number of nitrogens with zero attached hydrogens (tertiary/aromatic N) is 1. The zero-order valence-corrected chi connectivity index (χ0v) is 16.1. The maximum atomic E-state index is 12.0. The summed E-state index contributed by atoms with van der Waals surface area (Å²) in [6, 6.07) is 16.0. The monoisotopic (exact) mass is 394 g/mol. The first-order valence-corrected chi connectivity index (χ1v) is 8.82. The summed E-state index contributed by atoms with van der Waals surface area (Å²) in [5.41, 5.74) is 8.31. The van der Waals surface area contributed by atoms with Crippen LogP contribution in [0.25, 0.3) is 0 Å². The maximum absolute atomic E-state index is 12.0. The molecular formula is C21H22N4O4. The second-order valence-electron chi connectivity index (χ2n) is 6.02. The van der Waals surface area contributed by atoms with Gasteiger partial charge in [0.05, 0.1) is 27.0 Å². The van der Waals surface area contributed by atoms with Gasteiger partial charge >= 0.3 is 0 Å². The Balaban J connectivity index is 1.57. The number of rotatable bonds is 7. The van der Waals surface area contributed by atoms with E-state index < -0.39 is 0 Å². The van der Waals surface area contributed by atoms with Gasteiger partial charge in [0, 0.05) is 17.4 Å². The first kappa shape index (κ1) is 19.8. The van der Waals surface area contributed by atoms with Gasteiger partial charge in [0.2, 0.25) is 0 Å². The van der Waals surface area contributed by atoms with Crippen molar-refractivity contribution in [1.29, 1.82) is 0 Å². The number of carbonyl (C=O) groups excluding carboxylic acids is 1. The summed E-state index contributed by atoms with van der Waals surface area (Å²) < 4.78 is 15.5. The Morgan fingerprint density at radius 3 is 2.38 bits per heavy atom. The Bertz CT molecular complexity index is 982. The van der Waals surface area contributed by atoms with E-state index in [1.807, 2.05) is 18.2 Å². The van der Waals surface area contributed by atoms with Crippen molar-refractivity contribution in [1.82, 2.24) is 0 Å². The number of hydrogen-bond acceptors (Lipinski definition) is 5. The molecule has 2 aromatic carbocycles. The van der Waals surface area contributed by atoms with Crippen molar-refractivity contribution in [2.24, 2.45) is 10.7 Å². The third kappa shape index (κ3) is 5.29. The van der Waals surface area contributed by atoms with Crippen LogP contribution in [-0.4, -0.2) is 26.1 Å². The third-order valence-electron chi connectivity index (χ3n) is 4.04. The van der Waals surface area contributed by atoms with Gasteiger partial charge in [-0.3, -0.25) is 4.79 Å². The molecule has 0 spiro atoms. The van der Waals surface area contributed by atoms with E-state index >= 15 is 0 Å². The van der Waals surface area contributed by atoms with Crippen molar-refractivity contribution in [3.8, 4) is 11.5 Å². The van der Waals surface area contributed by atoms with Gasteiger partial charge < -0.3 is 30.3 Å². The fourth-order valence-electron chi connectivity index (χ4n) is 2.57. The molecule has 29 heavy (non-hydrogen) atoms. The van der Waals surface area contributed by atoms with Crippen molar-refractivity contribution in [2.45, 2.75) is 6.54 Å². The first-order chi connectivity index (χ1) is 14.1. The molecule has 4 N–H and O–H groups in total. The number of guanidine groups is 1. The Kier molecular flexibility index (Phi) is 6.36. The lowest BCUT2D eigenvalue weighted by atomic mass is 10.2. The van der Waals surface area contributed by atoms with Crippen LogP contribution in [0, 0.1) is 0 Å². The largest absolute Gasteiger partial charge is 0.493 e. The molecule has 0 aliphatic carbocycles. The van der Waals surface area contributed by atoms with E-state index in [0.29, 0.717) is 23.7 Å². The van der Waals surface area contributed by atoms with Crippen molar-refractivity contribution in [2.75, 3.05) is 24.9 Å². The molecular weight excluding hydrogens is 372 g/mol. The quantitative estimate of drug-likeness (QED) is 0.418. The molecule has 0 saturated carbocycles. The third-order valence-corrected chi connectivity index (χ3v) is 4.04. The Hall–Kier alpha value is -3.94. The summed E-state index contributed by atoms with van der Waals surface area (Å²) in [5, 5.41) is 5.78. The van der Waals surface area contributed by atoms with Crippen LogP contribution in [0.1, 0.15) is 16.1 Å². The van der Waals surface area contributed by atoms with Gasteiger partial charge in [-0.15, -0.1) is 0 Å². The minimum absolute atomic E-state index is 0.257. The predicted molar refractivity (Wildman–Crippen MR) is 112 cm³/mol. The van der Waals surface area contributed by atoms with Crippen LogP contribution in [0.15, 0.2) is 70.3 Å². The van der Waals surface area contributed by atoms with Crippen molar-refractivity contribution in [3.05, 3.63) is 72.2 Å². The number of anilines is 2. The second-order valence-corrected chi connectivity index (χ2v) is 6.02. The fourth-order valence-corrected chi connectivity index (χ4v) is 2.57. The number of furan rings is 1. The van der Waals surface area contributed by atoms with Gasteiger partial charge in [0.15, 0.2) is 23.2 Å². The van der Waals surface area contributed by atoms with Crippen LogP contribution in [0.2, 0.25) is 0 Å². The van der Waals surface area contributed by atoms with Crippen LogP contribution in [0.5, 0.6) is 11.5 Å². The molecule has 3 rings (SSSR count). The van der Waals surface area contributed by atoms with E-state index in [2.05, 4.69) is 15.6 Å². The van der Waals surface area contributed by atoms with Crippen LogP contribution in [-0.2, 0) is 6.54 Å². The Labute approximate surface area is 168 Å². The summed E-state index contributed by atoms with van der Waals surface area (Å²) in [5.74, 6) is 1.45. The molecule has 1 amide bonds. The lowest BCUT2D eigenvalue weighted by molar-refractivity contribution is 0.0996. The van der Waals surface area contributed by atoms with E-state index in [-0.39, 0.29) is 17.6 Å². The van der Waals surface area contributed by atoms with Crippen molar-refractivity contribution < 1.29 is 18.7 Å². The molecule has 8 heteroatoms. The summed E-state index contributed by atoms with van der Waals surface area (Å²) >= 11 is 0. The lowest BCUT2D eigenvalue weighted by Crippen LogP contribution is -2.22. The van der Waals surface area contributed by atoms with Crippen LogP contribution in [0.3, 0.4) is 0 Å². The minimum Gasteiger partial charge on any atom is -0.493 e. The van der Waals surface area contributed by atoms with Gasteiger partial charge in [0.25, 0.3) is 5.91 Å². The number of aliphatic imine (C=N–C) groups is 1. The van der Waals surface area contributed by atoms with Crippen LogP contribution < -0.4 is 25.8 Å². The molecule has 3 aromatic rings. The number of nitrogens with one attached hydrogen (secondary N) is 2. The number of hydrogen-bond donors (Lipinski definition) is 3. The molecule has 0 aliphatic heterocycles. The van der Waals surface area contributed by atoms with E-state index in [9.17, 15) is 4.79 Å². The van der Waals surface area contributed by atoms with Gasteiger partial charge in [-0.05, 0) is 42.0 Å². The first-order valence-electron chi connectivity index (χ1n) is 8.82. The molecule has 0 bridgehead atoms. The summed E-state index contributed by atoms with van der Waals surface area (Å²) in [7, 11) is 3.15. The molecule has 0 radical (unpaired) electrons. The summed E-state index contributed by atoms with van der Waals surface area (Å²) in [4.78, 5) is 16.3. The number of ether oxygens (including phenoxy) is 2. The van der Waals surface area contributed by atoms with E-state index in [0.717, 1.165) is 11.3 Å². The van der Waals surface area contributed by atoms with Gasteiger partial charge in [-0.25, -0.2) is 4.99 Å². The van der Waals surface area contributed by atoms with E-state index in [4.69, 9.17) is 19.6 Å². The van der Waals surface area contributed by atoms with Gasteiger partial charge in [-0.1, -0.05) is 12.1 Å². The van der Waals surface area contributed by atoms with Crippen molar-refractivity contribution >= 4 is 23.2 Å². The average Bonchev–Trinajstić information content (AvgIpc) is 3.28. The molecule has 0 saturated heterocycles. The fraction of sp³-hybridized carbons (Fsp3) is 0.143. The normalized spacial score (nSPS) is 11.0. The smallest absolute Gasteiger partial charge is 0.291 e. The number of carbonyl (C=O) groups is 1. The summed E-state index contributed by atoms with van der Waals surface area (Å²) in [6.07, 6.45) is 1.45. The number of benzene rings is 2. The van der Waals surface area contributed by atoms with E-state index in [1.165, 1.54) is 6.26 Å². The number of methoxy groups -OCH3 is 2. The zero-order chi connectivity index (χ0) is 20.6. The number of nitrogens with two attached hydrogens (primary N) is 1. The molecule has 1 heterocycles. The molecule has 0 atom stereocenters. The second kappa shape index (κ2) is 9.32. The molecule has 1 aromatic heterocycles. The lowest BCUT2D eigenvalue weighted by Gasteiger charge is -2.11. The van der Waals surface area contributed by atoms with Gasteiger partial charge in [0.1, 0.15) is 0 Å². The van der Waals surface area contributed by atoms with Crippen LogP contribution >= 0.6 is 0 Å². The maximum Gasteiger partial charge on any atom is 0.291 e. The highest BCUT2D eigenvalue weighted by atomic mass is 16.5. The van der Waals surface area contributed by atoms with Gasteiger partial charge in [-0.2, -0.15) is 0 Å². The highest BCUT2D eigenvalue weighted by Crippen LogP contribution is 2.29. The minimum atomic E-state index is -0.302. The Morgan fingerprint density at radius 1 is 1.00 bits per heavy atom. The topological polar surface area (TPSA) is 111 Å². The molecule has 150 valence electrons. The van der Waals surface area contributed by atoms with Crippen molar-refractivity contribution in [3.63, 3.8) is 0 Å². The summed E-state index contributed by atoms with van der Waals surface area (Å²) in [6.45, 7) is 0.387. The molecule has 8 nitrogen and oxygen atoms in total. The number of amides is 1. The zero-order valence-electron chi connectivity index (χ0n) is 16.1. The Morgan fingerprint density at radius 2 is 1.72 bits per heavy atom. The SMILES string of the molecule is COc1ccc(NC(N)=NCc2ccc(NC(=O)c3ccco3)cc2)cc1OC.